The summed E-state index contributed by atoms with van der Waals surface area (Å²) in [5.41, 5.74) is 0.647. The number of hydrogen-bond donors (Lipinski definition) is 1. The van der Waals surface area contributed by atoms with Crippen molar-refractivity contribution in [2.75, 3.05) is 19.6 Å². The number of ether oxygens (including phenoxy) is 1. The summed E-state index contributed by atoms with van der Waals surface area (Å²) in [5, 5.41) is 4.09. The van der Waals surface area contributed by atoms with Crippen molar-refractivity contribution in [3.8, 4) is 0 Å². The van der Waals surface area contributed by atoms with Crippen molar-refractivity contribution in [2.45, 2.75) is 31.9 Å². The number of nitrogens with one attached hydrogen (secondary N) is 1. The smallest absolute Gasteiger partial charge is 0.410 e. The van der Waals surface area contributed by atoms with Gasteiger partial charge in [-0.15, -0.1) is 0 Å². The van der Waals surface area contributed by atoms with E-state index in [4.69, 9.17) is 16.3 Å². The van der Waals surface area contributed by atoms with Crippen molar-refractivity contribution in [2.24, 2.45) is 5.92 Å². The fraction of sp³-hybridized carbons (Fsp3) is 0.562. The summed E-state index contributed by atoms with van der Waals surface area (Å²) in [7, 11) is 0. The average Bonchev–Trinajstić information content (AvgIpc) is 2.76. The molecule has 2 heterocycles. The molecule has 3 rings (SSSR count). The Hall–Kier alpha value is -1.26. The highest BCUT2D eigenvalue weighted by Crippen LogP contribution is 2.34. The molecule has 5 heteroatoms. The first kappa shape index (κ1) is 14.7. The molecule has 4 nitrogen and oxygen atoms in total. The number of hydrogen-bond acceptors (Lipinski definition) is 3. The average molecular weight is 309 g/mol. The van der Waals surface area contributed by atoms with Crippen LogP contribution in [0.5, 0.6) is 0 Å². The number of piperidine rings is 1. The Bertz CT molecular complexity index is 531. The molecule has 21 heavy (non-hydrogen) atoms. The zero-order chi connectivity index (χ0) is 14.9. The number of rotatable bonds is 3. The van der Waals surface area contributed by atoms with Gasteiger partial charge in [0.1, 0.15) is 5.60 Å². The Morgan fingerprint density at radius 3 is 3.10 bits per heavy atom. The van der Waals surface area contributed by atoms with Crippen molar-refractivity contribution in [3.05, 3.63) is 34.9 Å². The van der Waals surface area contributed by atoms with E-state index < -0.39 is 0 Å². The number of amides is 1. The van der Waals surface area contributed by atoms with Gasteiger partial charge in [0.05, 0.1) is 6.54 Å². The SMILES string of the molecule is CC1(C2CCCNC2)CN(Cc2cccc(Cl)c2)C(=O)O1. The zero-order valence-electron chi connectivity index (χ0n) is 12.3. The van der Waals surface area contributed by atoms with Crippen molar-refractivity contribution < 1.29 is 9.53 Å². The van der Waals surface area contributed by atoms with Crippen molar-refractivity contribution >= 4 is 17.7 Å². The van der Waals surface area contributed by atoms with E-state index in [1.165, 1.54) is 0 Å². The molecule has 2 aliphatic heterocycles. The molecule has 2 saturated heterocycles. The predicted octanol–water partition coefficient (Wildman–Crippen LogP) is 3.05. The van der Waals surface area contributed by atoms with Crippen LogP contribution in [-0.2, 0) is 11.3 Å². The molecule has 1 amide bonds. The van der Waals surface area contributed by atoms with Crippen LogP contribution in [0, 0.1) is 5.92 Å². The van der Waals surface area contributed by atoms with Gasteiger partial charge in [-0.2, -0.15) is 0 Å². The van der Waals surface area contributed by atoms with E-state index in [1.54, 1.807) is 4.90 Å². The van der Waals surface area contributed by atoms with E-state index in [2.05, 4.69) is 12.2 Å². The van der Waals surface area contributed by atoms with Crippen LogP contribution in [-0.4, -0.2) is 36.2 Å². The molecular weight excluding hydrogens is 288 g/mol. The van der Waals surface area contributed by atoms with E-state index in [1.807, 2.05) is 24.3 Å². The molecule has 0 saturated carbocycles. The third kappa shape index (κ3) is 3.16. The van der Waals surface area contributed by atoms with Crippen LogP contribution in [0.4, 0.5) is 4.79 Å². The highest BCUT2D eigenvalue weighted by atomic mass is 35.5. The summed E-state index contributed by atoms with van der Waals surface area (Å²) < 4.78 is 5.72. The number of halogens is 1. The first-order chi connectivity index (χ1) is 10.1. The van der Waals surface area contributed by atoms with E-state index in [-0.39, 0.29) is 11.7 Å². The molecule has 1 N–H and O–H groups in total. The van der Waals surface area contributed by atoms with Gasteiger partial charge in [0, 0.05) is 24.0 Å². The molecule has 2 unspecified atom stereocenters. The quantitative estimate of drug-likeness (QED) is 0.933. The molecule has 114 valence electrons. The van der Waals surface area contributed by atoms with Crippen LogP contribution in [0.3, 0.4) is 0 Å². The van der Waals surface area contributed by atoms with E-state index in [9.17, 15) is 4.79 Å². The summed E-state index contributed by atoms with van der Waals surface area (Å²) in [4.78, 5) is 14.0. The standard InChI is InChI=1S/C16H21ClN2O2/c1-16(13-5-3-7-18-9-13)11-19(15(20)21-16)10-12-4-2-6-14(17)8-12/h2,4,6,8,13,18H,3,5,7,9-11H2,1H3. The fourth-order valence-electron chi connectivity index (χ4n) is 3.30. The summed E-state index contributed by atoms with van der Waals surface area (Å²) >= 11 is 6.00. The molecule has 0 aromatic heterocycles. The van der Waals surface area contributed by atoms with E-state index in [0.29, 0.717) is 24.0 Å². The van der Waals surface area contributed by atoms with Gasteiger partial charge in [0.25, 0.3) is 0 Å². The van der Waals surface area contributed by atoms with Crippen molar-refractivity contribution in [3.63, 3.8) is 0 Å². The van der Waals surface area contributed by atoms with Crippen molar-refractivity contribution in [1.29, 1.82) is 0 Å². The number of cyclic esters (lactones) is 1. The topological polar surface area (TPSA) is 41.6 Å². The van der Waals surface area contributed by atoms with Crippen LogP contribution in [0.2, 0.25) is 5.02 Å². The van der Waals surface area contributed by atoms with E-state index >= 15 is 0 Å². The van der Waals surface area contributed by atoms with Crippen LogP contribution in [0.15, 0.2) is 24.3 Å². The molecule has 2 fully saturated rings. The van der Waals surface area contributed by atoms with Gasteiger partial charge in [-0.3, -0.25) is 4.90 Å². The van der Waals surface area contributed by atoms with Gasteiger partial charge in [-0.1, -0.05) is 23.7 Å². The molecular formula is C16H21ClN2O2. The van der Waals surface area contributed by atoms with E-state index in [0.717, 1.165) is 31.5 Å². The lowest BCUT2D eigenvalue weighted by Gasteiger charge is -2.34. The summed E-state index contributed by atoms with van der Waals surface area (Å²) in [6.45, 7) is 5.24. The van der Waals surface area contributed by atoms with Gasteiger partial charge < -0.3 is 10.1 Å². The van der Waals surface area contributed by atoms with Crippen LogP contribution in [0.25, 0.3) is 0 Å². The Balaban J connectivity index is 1.69. The highest BCUT2D eigenvalue weighted by Gasteiger charge is 2.46. The molecule has 0 aliphatic carbocycles. The molecule has 0 bridgehead atoms. The number of benzene rings is 1. The molecule has 2 atom stereocenters. The van der Waals surface area contributed by atoms with Gasteiger partial charge in [0.15, 0.2) is 0 Å². The van der Waals surface area contributed by atoms with Crippen LogP contribution < -0.4 is 5.32 Å². The summed E-state index contributed by atoms with van der Waals surface area (Å²) in [6.07, 6.45) is 2.04. The largest absolute Gasteiger partial charge is 0.441 e. The molecule has 2 aliphatic rings. The maximum atomic E-state index is 12.2. The zero-order valence-corrected chi connectivity index (χ0v) is 13.0. The van der Waals surface area contributed by atoms with Gasteiger partial charge >= 0.3 is 6.09 Å². The second-order valence-electron chi connectivity index (χ2n) is 6.21. The maximum absolute atomic E-state index is 12.2. The Morgan fingerprint density at radius 2 is 2.38 bits per heavy atom. The normalized spacial score (nSPS) is 29.5. The lowest BCUT2D eigenvalue weighted by Crippen LogP contribution is -2.46. The Kier molecular flexibility index (Phi) is 4.09. The second kappa shape index (κ2) is 5.85. The number of nitrogens with zero attached hydrogens (tertiary/aromatic N) is 1. The Morgan fingerprint density at radius 1 is 1.52 bits per heavy atom. The second-order valence-corrected chi connectivity index (χ2v) is 6.65. The minimum absolute atomic E-state index is 0.219. The monoisotopic (exact) mass is 308 g/mol. The van der Waals surface area contributed by atoms with Crippen LogP contribution in [0.1, 0.15) is 25.3 Å². The fourth-order valence-corrected chi connectivity index (χ4v) is 3.51. The lowest BCUT2D eigenvalue weighted by molar-refractivity contribution is 0.0121. The summed E-state index contributed by atoms with van der Waals surface area (Å²) in [6, 6.07) is 7.62. The third-order valence-electron chi connectivity index (χ3n) is 4.51. The number of carbonyl (C=O) groups is 1. The highest BCUT2D eigenvalue weighted by molar-refractivity contribution is 6.30. The molecule has 1 aromatic carbocycles. The van der Waals surface area contributed by atoms with Gasteiger partial charge in [0.2, 0.25) is 0 Å². The predicted molar refractivity (Wildman–Crippen MR) is 82.3 cm³/mol. The minimum Gasteiger partial charge on any atom is -0.441 e. The molecule has 1 aromatic rings. The molecule has 0 radical (unpaired) electrons. The summed E-state index contributed by atoms with van der Waals surface area (Å²) in [5.74, 6) is 0.388. The third-order valence-corrected chi connectivity index (χ3v) is 4.74. The number of carbonyl (C=O) groups excluding carboxylic acids is 1. The maximum Gasteiger partial charge on any atom is 0.410 e. The van der Waals surface area contributed by atoms with Crippen molar-refractivity contribution in [1.82, 2.24) is 10.2 Å². The first-order valence-electron chi connectivity index (χ1n) is 7.50. The minimum atomic E-state index is -0.386. The Labute approximate surface area is 130 Å². The van der Waals surface area contributed by atoms with Gasteiger partial charge in [-0.05, 0) is 44.0 Å². The first-order valence-corrected chi connectivity index (χ1v) is 7.88. The van der Waals surface area contributed by atoms with Crippen LogP contribution >= 0.6 is 11.6 Å². The molecule has 0 spiro atoms. The lowest BCUT2D eigenvalue weighted by atomic mass is 9.83. The van der Waals surface area contributed by atoms with Gasteiger partial charge in [-0.25, -0.2) is 4.79 Å².